The second kappa shape index (κ2) is 6.66. The molecular weight excluding hydrogens is 271 g/mol. The van der Waals surface area contributed by atoms with Crippen LogP contribution in [0.5, 0.6) is 0 Å². The number of halogens is 1. The topological polar surface area (TPSA) is 27.7 Å². The van der Waals surface area contributed by atoms with E-state index in [0.29, 0.717) is 17.8 Å². The number of rotatable bonds is 2. The highest BCUT2D eigenvalue weighted by molar-refractivity contribution is 5.04. The third-order valence-corrected chi connectivity index (χ3v) is 5.21. The second-order valence-corrected chi connectivity index (χ2v) is 7.06. The van der Waals surface area contributed by atoms with Gasteiger partial charge in [0.25, 0.3) is 6.01 Å². The Labute approximate surface area is 126 Å². The average Bonchev–Trinajstić information content (AvgIpc) is 2.51. The summed E-state index contributed by atoms with van der Waals surface area (Å²) in [5, 5.41) is 0. The Morgan fingerprint density at radius 2 is 1.57 bits per heavy atom. The molecule has 3 rings (SSSR count). The monoisotopic (exact) mass is 298 g/mol. The summed E-state index contributed by atoms with van der Waals surface area (Å²) in [6, 6.07) is -0.332. The predicted octanol–water partition coefficient (Wildman–Crippen LogP) is 4.18. The molecule has 1 saturated carbocycles. The molecule has 1 atom stereocenters. The van der Waals surface area contributed by atoms with Crippen LogP contribution in [0, 0.1) is 17.8 Å². The Bertz CT molecular complexity index is 379. The number of allylic oxidation sites excluding steroid dienone is 1. The summed E-state index contributed by atoms with van der Waals surface area (Å²) in [6.07, 6.45) is 6.25. The first-order chi connectivity index (χ1) is 10.1. The summed E-state index contributed by atoms with van der Waals surface area (Å²) >= 11 is 0. The Hall–Kier alpha value is -0.610. The maximum absolute atomic E-state index is 13.6. The molecule has 4 heteroatoms. The molecule has 0 aromatic heterocycles. The van der Waals surface area contributed by atoms with Gasteiger partial charge >= 0.3 is 0 Å². The van der Waals surface area contributed by atoms with Crippen molar-refractivity contribution < 1.29 is 18.6 Å². The van der Waals surface area contributed by atoms with Gasteiger partial charge in [-0.25, -0.2) is 0 Å². The van der Waals surface area contributed by atoms with Gasteiger partial charge in [-0.2, -0.15) is 4.39 Å². The molecule has 120 valence electrons. The van der Waals surface area contributed by atoms with Crippen molar-refractivity contribution in [2.45, 2.75) is 64.8 Å². The third-order valence-electron chi connectivity index (χ3n) is 5.21. The van der Waals surface area contributed by atoms with Crippen molar-refractivity contribution in [3.63, 3.8) is 0 Å². The fraction of sp³-hybridized carbons (Fsp3) is 0.882. The molecule has 0 radical (unpaired) electrons. The molecule has 3 aliphatic rings. The highest BCUT2D eigenvalue weighted by Gasteiger charge is 2.36. The van der Waals surface area contributed by atoms with Gasteiger partial charge < -0.3 is 14.2 Å². The minimum absolute atomic E-state index is 0.0201. The van der Waals surface area contributed by atoms with Crippen molar-refractivity contribution in [1.82, 2.24) is 0 Å². The smallest absolute Gasteiger partial charge is 0.271 e. The fourth-order valence-corrected chi connectivity index (χ4v) is 3.76. The van der Waals surface area contributed by atoms with E-state index in [1.165, 1.54) is 0 Å². The first kappa shape index (κ1) is 15.3. The summed E-state index contributed by atoms with van der Waals surface area (Å²) in [7, 11) is 0. The van der Waals surface area contributed by atoms with Crippen LogP contribution < -0.4 is 0 Å². The van der Waals surface area contributed by atoms with Gasteiger partial charge in [-0.05, 0) is 56.9 Å². The summed E-state index contributed by atoms with van der Waals surface area (Å²) < 4.78 is 30.7. The van der Waals surface area contributed by atoms with Gasteiger partial charge in [-0.1, -0.05) is 6.92 Å². The summed E-state index contributed by atoms with van der Waals surface area (Å²) in [5.41, 5.74) is 0.762. The zero-order valence-electron chi connectivity index (χ0n) is 13.1. The Morgan fingerprint density at radius 1 is 0.952 bits per heavy atom. The molecule has 0 bridgehead atoms. The lowest BCUT2D eigenvalue weighted by molar-refractivity contribution is -0.227. The Balaban J connectivity index is 1.47. The summed E-state index contributed by atoms with van der Waals surface area (Å²) in [6.45, 7) is 5.59. The van der Waals surface area contributed by atoms with Crippen LogP contribution in [0.15, 0.2) is 11.6 Å². The zero-order valence-corrected chi connectivity index (χ0v) is 13.1. The van der Waals surface area contributed by atoms with Gasteiger partial charge in [0.05, 0.1) is 13.2 Å². The van der Waals surface area contributed by atoms with Gasteiger partial charge in [0.1, 0.15) is 6.10 Å². The molecule has 0 N–H and O–H groups in total. The van der Waals surface area contributed by atoms with E-state index in [1.54, 1.807) is 0 Å². The Kier molecular flexibility index (Phi) is 4.85. The fourth-order valence-electron chi connectivity index (χ4n) is 3.76. The van der Waals surface area contributed by atoms with Gasteiger partial charge in [-0.15, -0.1) is 0 Å². The summed E-state index contributed by atoms with van der Waals surface area (Å²) in [4.78, 5) is 0. The number of hydrogen-bond donors (Lipinski definition) is 0. The lowest BCUT2D eigenvalue weighted by atomic mass is 9.77. The zero-order chi connectivity index (χ0) is 14.8. The van der Waals surface area contributed by atoms with Crippen molar-refractivity contribution in [3.05, 3.63) is 11.6 Å². The molecule has 2 aliphatic heterocycles. The largest absolute Gasteiger partial charge is 0.467 e. The van der Waals surface area contributed by atoms with E-state index in [1.807, 2.05) is 6.92 Å². The average molecular weight is 298 g/mol. The van der Waals surface area contributed by atoms with Crippen LogP contribution in [0.2, 0.25) is 0 Å². The predicted molar refractivity (Wildman–Crippen MR) is 78.2 cm³/mol. The molecule has 1 unspecified atom stereocenters. The first-order valence-corrected chi connectivity index (χ1v) is 8.38. The van der Waals surface area contributed by atoms with E-state index in [-0.39, 0.29) is 18.4 Å². The van der Waals surface area contributed by atoms with Crippen LogP contribution in [0.4, 0.5) is 4.39 Å². The van der Waals surface area contributed by atoms with Crippen LogP contribution in [-0.2, 0) is 14.2 Å². The van der Waals surface area contributed by atoms with Crippen LogP contribution in [0.3, 0.4) is 0 Å². The third kappa shape index (κ3) is 3.59. The van der Waals surface area contributed by atoms with Crippen LogP contribution in [-0.4, -0.2) is 25.6 Å². The molecule has 1 saturated heterocycles. The van der Waals surface area contributed by atoms with Crippen LogP contribution in [0.25, 0.3) is 0 Å². The molecule has 3 nitrogen and oxygen atoms in total. The second-order valence-electron chi connectivity index (χ2n) is 7.06. The molecule has 21 heavy (non-hydrogen) atoms. The maximum atomic E-state index is 13.6. The lowest BCUT2D eigenvalue weighted by Gasteiger charge is -2.39. The van der Waals surface area contributed by atoms with Crippen molar-refractivity contribution in [2.75, 3.05) is 13.2 Å². The summed E-state index contributed by atoms with van der Waals surface area (Å²) in [5.74, 6) is 1.49. The minimum atomic E-state index is -0.332. The van der Waals surface area contributed by atoms with Gasteiger partial charge in [0, 0.05) is 11.8 Å². The SMILES string of the molecule is CC1=C(F)OC(C2CCC(C3OCC(C)CO3)CC2)CC1. The molecule has 2 heterocycles. The van der Waals surface area contributed by atoms with Crippen molar-refractivity contribution in [3.8, 4) is 0 Å². The van der Waals surface area contributed by atoms with E-state index >= 15 is 0 Å². The minimum Gasteiger partial charge on any atom is -0.467 e. The number of hydrogen-bond acceptors (Lipinski definition) is 3. The lowest BCUT2D eigenvalue weighted by Crippen LogP contribution is -2.39. The highest BCUT2D eigenvalue weighted by atomic mass is 19.1. The molecule has 2 fully saturated rings. The standard InChI is InChI=1S/C17H27FO3/c1-11-9-19-17(20-10-11)14-6-4-13(5-7-14)15-8-3-12(2)16(18)21-15/h11,13-15,17H,3-10H2,1-2H3. The van der Waals surface area contributed by atoms with Gasteiger partial charge in [0.2, 0.25) is 0 Å². The van der Waals surface area contributed by atoms with E-state index < -0.39 is 0 Å². The maximum Gasteiger partial charge on any atom is 0.271 e. The molecular formula is C17H27FO3. The molecule has 0 aromatic rings. The number of ether oxygens (including phenoxy) is 3. The molecule has 0 amide bonds. The quantitative estimate of drug-likeness (QED) is 0.765. The van der Waals surface area contributed by atoms with Crippen molar-refractivity contribution >= 4 is 0 Å². The van der Waals surface area contributed by atoms with Crippen LogP contribution >= 0.6 is 0 Å². The Morgan fingerprint density at radius 3 is 2.19 bits per heavy atom. The van der Waals surface area contributed by atoms with E-state index in [0.717, 1.165) is 57.3 Å². The normalized spacial score (nSPS) is 41.8. The van der Waals surface area contributed by atoms with Crippen LogP contribution in [0.1, 0.15) is 52.4 Å². The van der Waals surface area contributed by atoms with Crippen molar-refractivity contribution in [1.29, 1.82) is 0 Å². The molecule has 1 aliphatic carbocycles. The van der Waals surface area contributed by atoms with Gasteiger partial charge in [-0.3, -0.25) is 0 Å². The molecule has 0 spiro atoms. The van der Waals surface area contributed by atoms with E-state index in [2.05, 4.69) is 6.92 Å². The molecule has 0 aromatic carbocycles. The van der Waals surface area contributed by atoms with Crippen molar-refractivity contribution in [2.24, 2.45) is 17.8 Å². The van der Waals surface area contributed by atoms with E-state index in [9.17, 15) is 4.39 Å². The van der Waals surface area contributed by atoms with Gasteiger partial charge in [0.15, 0.2) is 6.29 Å². The van der Waals surface area contributed by atoms with E-state index in [4.69, 9.17) is 14.2 Å². The highest BCUT2D eigenvalue weighted by Crippen LogP contribution is 2.39. The first-order valence-electron chi connectivity index (χ1n) is 8.38.